The van der Waals surface area contributed by atoms with Crippen LogP contribution in [-0.2, 0) is 0 Å². The third-order valence-electron chi connectivity index (χ3n) is 2.65. The summed E-state index contributed by atoms with van der Waals surface area (Å²) in [6.07, 6.45) is 1.80. The van der Waals surface area contributed by atoms with Crippen molar-refractivity contribution in [2.45, 2.75) is 0 Å². The van der Waals surface area contributed by atoms with Crippen LogP contribution in [-0.4, -0.2) is 9.97 Å². The normalized spacial score (nSPS) is 10.8. The molecule has 0 fully saturated rings. The molecule has 0 bridgehead atoms. The minimum atomic E-state index is 0.879. The van der Waals surface area contributed by atoms with E-state index in [0.717, 1.165) is 31.2 Å². The Kier molecular flexibility index (Phi) is 3.14. The van der Waals surface area contributed by atoms with E-state index < -0.39 is 0 Å². The van der Waals surface area contributed by atoms with Gasteiger partial charge in [-0.2, -0.15) is 0 Å². The molecule has 3 aromatic rings. The highest BCUT2D eigenvalue weighted by Crippen LogP contribution is 2.28. The van der Waals surface area contributed by atoms with Crippen LogP contribution in [0.2, 0.25) is 0 Å². The molecule has 3 rings (SSSR count). The minimum Gasteiger partial charge on any atom is -0.252 e. The molecule has 0 spiro atoms. The smallest absolute Gasteiger partial charge is 0.0906 e. The van der Waals surface area contributed by atoms with E-state index in [-0.39, 0.29) is 0 Å². The third kappa shape index (κ3) is 2.18. The lowest BCUT2D eigenvalue weighted by atomic mass is 10.1. The largest absolute Gasteiger partial charge is 0.252 e. The molecule has 0 radical (unpaired) electrons. The van der Waals surface area contributed by atoms with Gasteiger partial charge in [-0.25, -0.2) is 4.98 Å². The third-order valence-corrected chi connectivity index (χ3v) is 4.50. The molecule has 0 amide bonds. The van der Waals surface area contributed by atoms with Crippen LogP contribution in [0.25, 0.3) is 22.3 Å². The number of fused-ring (bicyclic) bond motifs is 1. The zero-order valence-corrected chi connectivity index (χ0v) is 12.4. The van der Waals surface area contributed by atoms with E-state index in [4.69, 9.17) is 0 Å². The maximum Gasteiger partial charge on any atom is 0.0906 e. The van der Waals surface area contributed by atoms with Gasteiger partial charge in [-0.15, -0.1) is 0 Å². The Labute approximate surface area is 121 Å². The molecule has 0 N–H and O–H groups in total. The van der Waals surface area contributed by atoms with Gasteiger partial charge >= 0.3 is 0 Å². The van der Waals surface area contributed by atoms with E-state index in [2.05, 4.69) is 41.8 Å². The van der Waals surface area contributed by atoms with Crippen molar-refractivity contribution in [1.82, 2.24) is 9.97 Å². The summed E-state index contributed by atoms with van der Waals surface area (Å²) in [5, 5.41) is 0. The number of hydrogen-bond acceptors (Lipinski definition) is 2. The minimum absolute atomic E-state index is 0.879. The molecule has 1 heterocycles. The predicted octanol–water partition coefficient (Wildman–Crippen LogP) is 4.82. The van der Waals surface area contributed by atoms with E-state index in [1.54, 1.807) is 6.20 Å². The van der Waals surface area contributed by atoms with Crippen molar-refractivity contribution in [2.24, 2.45) is 0 Å². The molecular weight excluding hydrogens is 356 g/mol. The maximum atomic E-state index is 4.63. The van der Waals surface area contributed by atoms with Crippen LogP contribution in [0.15, 0.2) is 57.6 Å². The van der Waals surface area contributed by atoms with E-state index in [9.17, 15) is 0 Å². The molecule has 0 unspecified atom stereocenters. The lowest BCUT2D eigenvalue weighted by Gasteiger charge is -2.04. The van der Waals surface area contributed by atoms with Gasteiger partial charge in [0, 0.05) is 14.5 Å². The van der Waals surface area contributed by atoms with Gasteiger partial charge in [0.1, 0.15) is 0 Å². The first kappa shape index (κ1) is 11.8. The van der Waals surface area contributed by atoms with Gasteiger partial charge in [0.25, 0.3) is 0 Å². The summed E-state index contributed by atoms with van der Waals surface area (Å²) in [5.41, 5.74) is 3.72. The average molecular weight is 364 g/mol. The van der Waals surface area contributed by atoms with Gasteiger partial charge in [-0.05, 0) is 44.0 Å². The predicted molar refractivity (Wildman–Crippen MR) is 80.4 cm³/mol. The van der Waals surface area contributed by atoms with Gasteiger partial charge in [-0.3, -0.25) is 4.98 Å². The van der Waals surface area contributed by atoms with Crippen molar-refractivity contribution in [1.29, 1.82) is 0 Å². The monoisotopic (exact) mass is 362 g/mol. The number of hydrogen-bond donors (Lipinski definition) is 0. The molecule has 2 aromatic carbocycles. The van der Waals surface area contributed by atoms with Crippen LogP contribution in [0.5, 0.6) is 0 Å². The molecule has 4 heteroatoms. The summed E-state index contributed by atoms with van der Waals surface area (Å²) in [7, 11) is 0. The fraction of sp³-hybridized carbons (Fsp3) is 0. The van der Waals surface area contributed by atoms with Gasteiger partial charge in [0.2, 0.25) is 0 Å². The van der Waals surface area contributed by atoms with E-state index in [1.165, 1.54) is 0 Å². The summed E-state index contributed by atoms with van der Waals surface area (Å²) in [4.78, 5) is 9.08. The molecular formula is C14H8Br2N2. The fourth-order valence-corrected chi connectivity index (χ4v) is 2.42. The molecule has 0 saturated heterocycles. The number of rotatable bonds is 1. The fourth-order valence-electron chi connectivity index (χ4n) is 1.76. The van der Waals surface area contributed by atoms with Crippen LogP contribution < -0.4 is 0 Å². The molecule has 18 heavy (non-hydrogen) atoms. The van der Waals surface area contributed by atoms with Crippen molar-refractivity contribution in [3.8, 4) is 11.3 Å². The molecule has 0 aliphatic rings. The van der Waals surface area contributed by atoms with Crippen LogP contribution in [0.1, 0.15) is 0 Å². The Morgan fingerprint density at radius 1 is 0.833 bits per heavy atom. The Morgan fingerprint density at radius 2 is 1.50 bits per heavy atom. The number of nitrogens with zero attached hydrogens (tertiary/aromatic N) is 2. The topological polar surface area (TPSA) is 25.8 Å². The summed E-state index contributed by atoms with van der Waals surface area (Å²) in [6, 6.07) is 14.0. The second-order valence-electron chi connectivity index (χ2n) is 3.88. The van der Waals surface area contributed by atoms with E-state index in [1.807, 2.05) is 42.5 Å². The van der Waals surface area contributed by atoms with Crippen LogP contribution in [0.4, 0.5) is 0 Å². The lowest BCUT2D eigenvalue weighted by molar-refractivity contribution is 1.29. The average Bonchev–Trinajstić information content (AvgIpc) is 2.41. The standard InChI is InChI=1S/C14H8Br2N2/c15-10-6-12-13(7-11(10)16)18-14(8-17-12)9-4-2-1-3-5-9/h1-8H. The number of halogens is 2. The SMILES string of the molecule is Brc1cc2ncc(-c3ccccc3)nc2cc1Br. The van der Waals surface area contributed by atoms with Gasteiger partial charge in [0.15, 0.2) is 0 Å². The Morgan fingerprint density at radius 3 is 2.22 bits per heavy atom. The lowest BCUT2D eigenvalue weighted by Crippen LogP contribution is -1.89. The first-order valence-corrected chi connectivity index (χ1v) is 7.00. The number of benzene rings is 2. The van der Waals surface area contributed by atoms with Crippen molar-refractivity contribution >= 4 is 42.9 Å². The maximum absolute atomic E-state index is 4.63. The summed E-state index contributed by atoms with van der Waals surface area (Å²) in [6.45, 7) is 0. The van der Waals surface area contributed by atoms with Crippen LogP contribution >= 0.6 is 31.9 Å². The quantitative estimate of drug-likeness (QED) is 0.619. The summed E-state index contributed by atoms with van der Waals surface area (Å²) >= 11 is 6.95. The zero-order valence-electron chi connectivity index (χ0n) is 9.27. The summed E-state index contributed by atoms with van der Waals surface area (Å²) in [5.74, 6) is 0. The van der Waals surface area contributed by atoms with Crippen LogP contribution in [0.3, 0.4) is 0 Å². The van der Waals surface area contributed by atoms with Gasteiger partial charge in [-0.1, -0.05) is 30.3 Å². The van der Waals surface area contributed by atoms with Crippen molar-refractivity contribution in [2.75, 3.05) is 0 Å². The first-order chi connectivity index (χ1) is 8.74. The Balaban J connectivity index is 2.20. The molecule has 0 aliphatic heterocycles. The second kappa shape index (κ2) is 4.78. The highest BCUT2D eigenvalue weighted by Gasteiger charge is 2.05. The van der Waals surface area contributed by atoms with E-state index in [0.29, 0.717) is 0 Å². The number of aromatic nitrogens is 2. The van der Waals surface area contributed by atoms with Gasteiger partial charge in [0.05, 0.1) is 22.9 Å². The Hall–Kier alpha value is -1.26. The zero-order chi connectivity index (χ0) is 12.5. The molecule has 2 nitrogen and oxygen atoms in total. The summed E-state index contributed by atoms with van der Waals surface area (Å²) < 4.78 is 1.96. The Bertz CT molecular complexity index is 712. The molecule has 0 saturated carbocycles. The highest BCUT2D eigenvalue weighted by molar-refractivity contribution is 9.13. The molecule has 0 aliphatic carbocycles. The van der Waals surface area contributed by atoms with Crippen LogP contribution in [0, 0.1) is 0 Å². The molecule has 88 valence electrons. The first-order valence-electron chi connectivity index (χ1n) is 5.41. The molecule has 1 aromatic heterocycles. The second-order valence-corrected chi connectivity index (χ2v) is 5.58. The van der Waals surface area contributed by atoms with Gasteiger partial charge < -0.3 is 0 Å². The van der Waals surface area contributed by atoms with Crippen molar-refractivity contribution in [3.05, 3.63) is 57.6 Å². The van der Waals surface area contributed by atoms with Crippen molar-refractivity contribution in [3.63, 3.8) is 0 Å². The van der Waals surface area contributed by atoms with E-state index >= 15 is 0 Å². The highest BCUT2D eigenvalue weighted by atomic mass is 79.9. The molecule has 0 atom stereocenters. The van der Waals surface area contributed by atoms with Crippen molar-refractivity contribution < 1.29 is 0 Å².